The third-order valence-corrected chi connectivity index (χ3v) is 2.76. The molecule has 0 amide bonds. The second-order valence-corrected chi connectivity index (χ2v) is 4.26. The molecule has 0 aliphatic carbocycles. The maximum absolute atomic E-state index is 13.2. The molecule has 0 fully saturated rings. The highest BCUT2D eigenvalue weighted by Gasteiger charge is 2.08. The molecular weight excluding hydrogens is 265 g/mol. The molecule has 0 aliphatic rings. The summed E-state index contributed by atoms with van der Waals surface area (Å²) < 4.78 is 19.9. The van der Waals surface area contributed by atoms with E-state index in [2.05, 4.69) is 10.3 Å². The van der Waals surface area contributed by atoms with Gasteiger partial charge in [0.15, 0.2) is 0 Å². The lowest BCUT2D eigenvalue weighted by Gasteiger charge is -2.07. The highest BCUT2D eigenvalue weighted by atomic mass is 19.1. The molecule has 0 aliphatic heterocycles. The third kappa shape index (κ3) is 3.53. The maximum atomic E-state index is 13.2. The summed E-state index contributed by atoms with van der Waals surface area (Å²) in [5.41, 5.74) is 1.23. The quantitative estimate of drug-likeness (QED) is 0.867. The highest BCUT2D eigenvalue weighted by Crippen LogP contribution is 2.20. The minimum Gasteiger partial charge on any atom is -0.496 e. The minimum absolute atomic E-state index is 0.00196. The van der Waals surface area contributed by atoms with Gasteiger partial charge >= 0.3 is 5.97 Å². The number of carboxylic acids is 1. The van der Waals surface area contributed by atoms with Crippen molar-refractivity contribution in [1.82, 2.24) is 15.0 Å². The Hall–Kier alpha value is -2.44. The Morgan fingerprint density at radius 1 is 1.50 bits per heavy atom. The average molecular weight is 279 g/mol. The van der Waals surface area contributed by atoms with Gasteiger partial charge in [-0.05, 0) is 18.2 Å². The minimum atomic E-state index is -0.883. The Labute approximate surface area is 114 Å². The zero-order chi connectivity index (χ0) is 14.5. The molecule has 20 heavy (non-hydrogen) atoms. The molecule has 1 aromatic carbocycles. The highest BCUT2D eigenvalue weighted by molar-refractivity contribution is 5.66. The fourth-order valence-corrected chi connectivity index (χ4v) is 1.81. The van der Waals surface area contributed by atoms with Gasteiger partial charge in [-0.2, -0.15) is 0 Å². The standard InChI is InChI=1S/C13H14FN3O3/c1-20-12-4-2-10(14)6-9(12)7-17-8-11(15-16-17)3-5-13(18)19/h2,4,6,8H,3,5,7H2,1H3,(H,18,19). The molecule has 1 N–H and O–H groups in total. The molecule has 0 atom stereocenters. The topological polar surface area (TPSA) is 77.2 Å². The SMILES string of the molecule is COc1ccc(F)cc1Cn1cc(CCC(=O)O)nn1. The number of aryl methyl sites for hydroxylation is 1. The van der Waals surface area contributed by atoms with Crippen LogP contribution >= 0.6 is 0 Å². The van der Waals surface area contributed by atoms with Crippen LogP contribution in [0.25, 0.3) is 0 Å². The molecule has 0 bridgehead atoms. The van der Waals surface area contributed by atoms with E-state index in [1.54, 1.807) is 12.3 Å². The van der Waals surface area contributed by atoms with Crippen LogP contribution in [0.4, 0.5) is 4.39 Å². The number of nitrogens with zero attached hydrogens (tertiary/aromatic N) is 3. The van der Waals surface area contributed by atoms with Crippen molar-refractivity contribution in [3.8, 4) is 5.75 Å². The lowest BCUT2D eigenvalue weighted by molar-refractivity contribution is -0.136. The fourth-order valence-electron chi connectivity index (χ4n) is 1.81. The van der Waals surface area contributed by atoms with Crippen LogP contribution in [0.5, 0.6) is 5.75 Å². The Kier molecular flexibility index (Phi) is 4.29. The number of methoxy groups -OCH3 is 1. The summed E-state index contributed by atoms with van der Waals surface area (Å²) in [5.74, 6) is -0.674. The molecular formula is C13H14FN3O3. The molecule has 1 heterocycles. The van der Waals surface area contributed by atoms with Crippen molar-refractivity contribution in [3.63, 3.8) is 0 Å². The number of halogens is 1. The zero-order valence-electron chi connectivity index (χ0n) is 10.9. The zero-order valence-corrected chi connectivity index (χ0v) is 10.9. The third-order valence-electron chi connectivity index (χ3n) is 2.76. The van der Waals surface area contributed by atoms with E-state index < -0.39 is 5.97 Å². The van der Waals surface area contributed by atoms with E-state index in [1.165, 1.54) is 23.9 Å². The van der Waals surface area contributed by atoms with E-state index >= 15 is 0 Å². The van der Waals surface area contributed by atoms with Gasteiger partial charge in [0.25, 0.3) is 0 Å². The van der Waals surface area contributed by atoms with Crippen molar-refractivity contribution >= 4 is 5.97 Å². The Morgan fingerprint density at radius 2 is 2.30 bits per heavy atom. The van der Waals surface area contributed by atoms with Crippen LogP contribution in [0.2, 0.25) is 0 Å². The lowest BCUT2D eigenvalue weighted by Crippen LogP contribution is -2.03. The van der Waals surface area contributed by atoms with Crippen LogP contribution < -0.4 is 4.74 Å². The van der Waals surface area contributed by atoms with Gasteiger partial charge in [0.2, 0.25) is 0 Å². The van der Waals surface area contributed by atoms with Gasteiger partial charge in [0, 0.05) is 18.2 Å². The van der Waals surface area contributed by atoms with Crippen molar-refractivity contribution < 1.29 is 19.0 Å². The Balaban J connectivity index is 2.10. The number of carboxylic acid groups (broad SMARTS) is 1. The Morgan fingerprint density at radius 3 is 3.00 bits per heavy atom. The molecule has 0 spiro atoms. The van der Waals surface area contributed by atoms with Gasteiger partial charge in [0.1, 0.15) is 11.6 Å². The molecule has 7 heteroatoms. The molecule has 0 radical (unpaired) electrons. The summed E-state index contributed by atoms with van der Waals surface area (Å²) in [4.78, 5) is 10.5. The smallest absolute Gasteiger partial charge is 0.303 e. The first-order valence-electron chi connectivity index (χ1n) is 6.01. The second kappa shape index (κ2) is 6.14. The molecule has 6 nitrogen and oxygen atoms in total. The van der Waals surface area contributed by atoms with Crippen molar-refractivity contribution in [3.05, 3.63) is 41.5 Å². The first-order valence-corrected chi connectivity index (χ1v) is 6.01. The van der Waals surface area contributed by atoms with Crippen LogP contribution in [-0.4, -0.2) is 33.2 Å². The van der Waals surface area contributed by atoms with Gasteiger partial charge in [0.05, 0.1) is 25.8 Å². The first-order chi connectivity index (χ1) is 9.58. The van der Waals surface area contributed by atoms with E-state index in [-0.39, 0.29) is 12.2 Å². The molecule has 0 saturated carbocycles. The maximum Gasteiger partial charge on any atom is 0.303 e. The number of carbonyl (C=O) groups is 1. The van der Waals surface area contributed by atoms with Crippen LogP contribution in [0.3, 0.4) is 0 Å². The van der Waals surface area contributed by atoms with Crippen molar-refractivity contribution in [2.24, 2.45) is 0 Å². The van der Waals surface area contributed by atoms with Gasteiger partial charge in [-0.15, -0.1) is 5.10 Å². The fraction of sp³-hybridized carbons (Fsp3) is 0.308. The number of aromatic nitrogens is 3. The van der Waals surface area contributed by atoms with E-state index in [4.69, 9.17) is 9.84 Å². The molecule has 0 saturated heterocycles. The van der Waals surface area contributed by atoms with Crippen molar-refractivity contribution in [2.75, 3.05) is 7.11 Å². The van der Waals surface area contributed by atoms with Crippen LogP contribution in [0.15, 0.2) is 24.4 Å². The molecule has 1 aromatic heterocycles. The first kappa shape index (κ1) is 14.0. The monoisotopic (exact) mass is 279 g/mol. The summed E-state index contributed by atoms with van der Waals surface area (Å²) in [6, 6.07) is 4.24. The van der Waals surface area contributed by atoms with Crippen LogP contribution in [0.1, 0.15) is 17.7 Å². The van der Waals surface area contributed by atoms with E-state index in [9.17, 15) is 9.18 Å². The number of rotatable bonds is 6. The summed E-state index contributed by atoms with van der Waals surface area (Å²) in [7, 11) is 1.51. The van der Waals surface area contributed by atoms with Crippen molar-refractivity contribution in [1.29, 1.82) is 0 Å². The largest absolute Gasteiger partial charge is 0.496 e. The molecule has 2 rings (SSSR count). The average Bonchev–Trinajstić information content (AvgIpc) is 2.84. The van der Waals surface area contributed by atoms with Crippen molar-refractivity contribution in [2.45, 2.75) is 19.4 Å². The van der Waals surface area contributed by atoms with Gasteiger partial charge in [-0.3, -0.25) is 4.79 Å². The van der Waals surface area contributed by atoms with E-state index in [0.29, 0.717) is 30.0 Å². The Bertz CT molecular complexity index is 613. The predicted octanol–water partition coefficient (Wildman–Crippen LogP) is 1.49. The van der Waals surface area contributed by atoms with E-state index in [0.717, 1.165) is 0 Å². The number of hydrogen-bond donors (Lipinski definition) is 1. The summed E-state index contributed by atoms with van der Waals surface area (Å²) in [5, 5.41) is 16.4. The number of ether oxygens (including phenoxy) is 1. The second-order valence-electron chi connectivity index (χ2n) is 4.26. The summed E-state index contributed by atoms with van der Waals surface area (Å²) in [6.45, 7) is 0.307. The van der Waals surface area contributed by atoms with Gasteiger partial charge < -0.3 is 9.84 Å². The molecule has 0 unspecified atom stereocenters. The van der Waals surface area contributed by atoms with Gasteiger partial charge in [-0.1, -0.05) is 5.21 Å². The summed E-state index contributed by atoms with van der Waals surface area (Å²) >= 11 is 0. The number of benzene rings is 1. The number of aliphatic carboxylic acids is 1. The lowest BCUT2D eigenvalue weighted by atomic mass is 10.2. The van der Waals surface area contributed by atoms with Crippen LogP contribution in [-0.2, 0) is 17.8 Å². The van der Waals surface area contributed by atoms with Gasteiger partial charge in [-0.25, -0.2) is 9.07 Å². The molecule has 2 aromatic rings. The predicted molar refractivity (Wildman–Crippen MR) is 68.0 cm³/mol. The number of hydrogen-bond acceptors (Lipinski definition) is 4. The normalized spacial score (nSPS) is 10.5. The van der Waals surface area contributed by atoms with Crippen LogP contribution in [0, 0.1) is 5.82 Å². The van der Waals surface area contributed by atoms with E-state index in [1.807, 2.05) is 0 Å². The summed E-state index contributed by atoms with van der Waals surface area (Å²) in [6.07, 6.45) is 1.96. The molecule has 106 valence electrons.